The summed E-state index contributed by atoms with van der Waals surface area (Å²) in [6, 6.07) is 4.64. The van der Waals surface area contributed by atoms with E-state index in [2.05, 4.69) is 5.32 Å². The van der Waals surface area contributed by atoms with Crippen LogP contribution in [-0.2, 0) is 14.8 Å². The highest BCUT2D eigenvalue weighted by Gasteiger charge is 2.27. The summed E-state index contributed by atoms with van der Waals surface area (Å²) < 4.78 is 32.5. The number of ether oxygens (including phenoxy) is 1. The van der Waals surface area contributed by atoms with Gasteiger partial charge in [0, 0.05) is 25.6 Å². The van der Waals surface area contributed by atoms with Crippen molar-refractivity contribution >= 4 is 21.6 Å². The molecule has 1 saturated carbocycles. The van der Waals surface area contributed by atoms with E-state index < -0.39 is 10.0 Å². The van der Waals surface area contributed by atoms with Crippen molar-refractivity contribution in [1.82, 2.24) is 4.31 Å². The molecule has 2 atom stereocenters. The monoisotopic (exact) mass is 397 g/mol. The molecule has 0 unspecified atom stereocenters. The first-order valence-corrected chi connectivity index (χ1v) is 11.1. The van der Waals surface area contributed by atoms with Crippen molar-refractivity contribution in [2.75, 3.05) is 25.0 Å². The number of carbonyl (C=O) groups excluding carboxylic acids is 1. The Hall–Kier alpha value is -1.64. The van der Waals surface area contributed by atoms with Gasteiger partial charge in [0.2, 0.25) is 15.9 Å². The van der Waals surface area contributed by atoms with Crippen LogP contribution in [0.4, 0.5) is 5.69 Å². The molecule has 3 N–H and O–H groups in total. The van der Waals surface area contributed by atoms with Crippen LogP contribution in [0.3, 0.4) is 0 Å². The number of anilines is 1. The number of benzene rings is 1. The third-order valence-electron chi connectivity index (χ3n) is 5.03. The zero-order valence-corrected chi connectivity index (χ0v) is 17.2. The molecule has 0 saturated heterocycles. The summed E-state index contributed by atoms with van der Waals surface area (Å²) in [5.74, 6) is 0.457. The van der Waals surface area contributed by atoms with E-state index in [-0.39, 0.29) is 22.8 Å². The van der Waals surface area contributed by atoms with Gasteiger partial charge in [-0.2, -0.15) is 4.31 Å². The van der Waals surface area contributed by atoms with Crippen molar-refractivity contribution in [1.29, 1.82) is 0 Å². The van der Waals surface area contributed by atoms with Crippen molar-refractivity contribution in [3.05, 3.63) is 18.2 Å². The topological polar surface area (TPSA) is 102 Å². The zero-order valence-electron chi connectivity index (χ0n) is 16.4. The van der Waals surface area contributed by atoms with E-state index in [1.807, 2.05) is 6.92 Å². The molecule has 1 amide bonds. The number of nitrogens with zero attached hydrogens (tertiary/aromatic N) is 1. The summed E-state index contributed by atoms with van der Waals surface area (Å²) in [4.78, 5) is 12.6. The lowest BCUT2D eigenvalue weighted by atomic mass is 10.00. The van der Waals surface area contributed by atoms with Crippen molar-refractivity contribution in [2.24, 2.45) is 11.7 Å². The van der Waals surface area contributed by atoms with Gasteiger partial charge in [-0.25, -0.2) is 8.42 Å². The van der Waals surface area contributed by atoms with Gasteiger partial charge < -0.3 is 15.8 Å². The molecule has 0 spiro atoms. The van der Waals surface area contributed by atoms with Gasteiger partial charge in [-0.1, -0.05) is 20.3 Å². The van der Waals surface area contributed by atoms with Gasteiger partial charge in [0.1, 0.15) is 5.75 Å². The second kappa shape index (κ2) is 9.52. The molecule has 152 valence electrons. The molecule has 0 aliphatic heterocycles. The number of carbonyl (C=O) groups is 1. The van der Waals surface area contributed by atoms with Gasteiger partial charge in [-0.15, -0.1) is 0 Å². The molecule has 0 heterocycles. The molecule has 8 heteroatoms. The quantitative estimate of drug-likeness (QED) is 0.667. The molecule has 2 rings (SSSR count). The predicted molar refractivity (Wildman–Crippen MR) is 106 cm³/mol. The second-order valence-corrected chi connectivity index (χ2v) is 8.73. The Bertz CT molecular complexity index is 747. The van der Waals surface area contributed by atoms with E-state index in [0.29, 0.717) is 37.6 Å². The number of nitrogens with two attached hydrogens (primary N) is 1. The van der Waals surface area contributed by atoms with Gasteiger partial charge in [-0.3, -0.25) is 4.79 Å². The number of rotatable bonds is 9. The Balaban J connectivity index is 2.25. The Morgan fingerprint density at radius 1 is 1.26 bits per heavy atom. The predicted octanol–water partition coefficient (Wildman–Crippen LogP) is 2.57. The van der Waals surface area contributed by atoms with Crippen LogP contribution in [0.2, 0.25) is 0 Å². The zero-order chi connectivity index (χ0) is 20.0. The summed E-state index contributed by atoms with van der Waals surface area (Å²) in [7, 11) is -3.62. The van der Waals surface area contributed by atoms with Crippen molar-refractivity contribution in [3.8, 4) is 5.75 Å². The molecular formula is C19H31N3O4S. The highest BCUT2D eigenvalue weighted by molar-refractivity contribution is 7.89. The Labute approximate surface area is 162 Å². The minimum absolute atomic E-state index is 0.0523. The van der Waals surface area contributed by atoms with Crippen LogP contribution in [0.1, 0.15) is 46.5 Å². The minimum Gasteiger partial charge on any atom is -0.492 e. The third-order valence-corrected chi connectivity index (χ3v) is 7.08. The average Bonchev–Trinajstić information content (AvgIpc) is 3.02. The largest absolute Gasteiger partial charge is 0.492 e. The molecule has 0 bridgehead atoms. The lowest BCUT2D eigenvalue weighted by Gasteiger charge is -2.20. The number of nitrogens with one attached hydrogen (secondary N) is 1. The van der Waals surface area contributed by atoms with Crippen LogP contribution in [-0.4, -0.2) is 44.4 Å². The SMILES string of the molecule is CCOc1ccc(S(=O)(=O)N(CC)CC)cc1NC(=O)C[C@@H]1CCC[C@H]1N. The van der Waals surface area contributed by atoms with Crippen LogP contribution in [0.25, 0.3) is 0 Å². The van der Waals surface area contributed by atoms with Crippen LogP contribution < -0.4 is 15.8 Å². The normalized spacial score (nSPS) is 20.0. The number of hydrogen-bond acceptors (Lipinski definition) is 5. The van der Waals surface area contributed by atoms with Crippen LogP contribution in [0.5, 0.6) is 5.75 Å². The van der Waals surface area contributed by atoms with Gasteiger partial charge in [0.05, 0.1) is 17.2 Å². The van der Waals surface area contributed by atoms with Gasteiger partial charge >= 0.3 is 0 Å². The average molecular weight is 398 g/mol. The minimum atomic E-state index is -3.62. The summed E-state index contributed by atoms with van der Waals surface area (Å²) in [5, 5.41) is 2.83. The van der Waals surface area contributed by atoms with Crippen molar-refractivity contribution < 1.29 is 17.9 Å². The molecule has 1 aromatic rings. The summed E-state index contributed by atoms with van der Waals surface area (Å²) in [6.07, 6.45) is 3.27. The Kier molecular flexibility index (Phi) is 7.64. The molecule has 1 aliphatic carbocycles. The lowest BCUT2D eigenvalue weighted by molar-refractivity contribution is -0.117. The molecule has 27 heavy (non-hydrogen) atoms. The summed E-state index contributed by atoms with van der Waals surface area (Å²) >= 11 is 0. The molecule has 0 radical (unpaired) electrons. The molecular weight excluding hydrogens is 366 g/mol. The maximum atomic E-state index is 12.8. The highest BCUT2D eigenvalue weighted by atomic mass is 32.2. The molecule has 0 aromatic heterocycles. The molecule has 1 aromatic carbocycles. The Morgan fingerprint density at radius 2 is 1.96 bits per heavy atom. The third kappa shape index (κ3) is 5.21. The standard InChI is InChI=1S/C19H31N3O4S/c1-4-22(5-2)27(24,25)15-10-11-18(26-6-3)17(13-15)21-19(23)12-14-8-7-9-16(14)20/h10-11,13-14,16H,4-9,12,20H2,1-3H3,(H,21,23)/t14-,16+/m0/s1. The molecule has 1 aliphatic rings. The molecule has 1 fully saturated rings. The van der Waals surface area contributed by atoms with Crippen molar-refractivity contribution in [2.45, 2.75) is 57.4 Å². The fourth-order valence-electron chi connectivity index (χ4n) is 3.52. The van der Waals surface area contributed by atoms with E-state index in [1.54, 1.807) is 19.9 Å². The number of amides is 1. The van der Waals surface area contributed by atoms with E-state index in [4.69, 9.17) is 10.5 Å². The summed E-state index contributed by atoms with van der Waals surface area (Å²) in [5.41, 5.74) is 6.43. The number of sulfonamides is 1. The van der Waals surface area contributed by atoms with Crippen LogP contribution in [0.15, 0.2) is 23.1 Å². The fourth-order valence-corrected chi connectivity index (χ4v) is 5.00. The molecule has 7 nitrogen and oxygen atoms in total. The Morgan fingerprint density at radius 3 is 2.52 bits per heavy atom. The number of hydrogen-bond donors (Lipinski definition) is 2. The summed E-state index contributed by atoms with van der Waals surface area (Å²) in [6.45, 7) is 6.61. The highest BCUT2D eigenvalue weighted by Crippen LogP contribution is 2.31. The van der Waals surface area contributed by atoms with Gasteiger partial charge in [0.15, 0.2) is 0 Å². The van der Waals surface area contributed by atoms with Crippen LogP contribution >= 0.6 is 0 Å². The first-order valence-electron chi connectivity index (χ1n) is 9.65. The van der Waals surface area contributed by atoms with Crippen molar-refractivity contribution in [3.63, 3.8) is 0 Å². The maximum Gasteiger partial charge on any atom is 0.243 e. The van der Waals surface area contributed by atoms with Gasteiger partial charge in [0.25, 0.3) is 0 Å². The van der Waals surface area contributed by atoms with Crippen LogP contribution in [0, 0.1) is 5.92 Å². The van der Waals surface area contributed by atoms with E-state index in [1.165, 1.54) is 16.4 Å². The van der Waals surface area contributed by atoms with E-state index in [0.717, 1.165) is 19.3 Å². The van der Waals surface area contributed by atoms with E-state index >= 15 is 0 Å². The first-order chi connectivity index (χ1) is 12.8. The maximum absolute atomic E-state index is 12.8. The van der Waals surface area contributed by atoms with E-state index in [9.17, 15) is 13.2 Å². The second-order valence-electron chi connectivity index (χ2n) is 6.79. The lowest BCUT2D eigenvalue weighted by Crippen LogP contribution is -2.31. The first kappa shape index (κ1) is 21.7. The van der Waals surface area contributed by atoms with Gasteiger partial charge in [-0.05, 0) is 43.9 Å². The fraction of sp³-hybridized carbons (Fsp3) is 0.632. The smallest absolute Gasteiger partial charge is 0.243 e.